The van der Waals surface area contributed by atoms with Crippen LogP contribution in [0.25, 0.3) is 0 Å². The first kappa shape index (κ1) is 14.0. The minimum atomic E-state index is -0.339. The molecule has 1 saturated heterocycles. The molecule has 19 heavy (non-hydrogen) atoms. The van der Waals surface area contributed by atoms with E-state index in [4.69, 9.17) is 9.84 Å². The van der Waals surface area contributed by atoms with Crippen LogP contribution in [0.1, 0.15) is 12.5 Å². The number of carbonyl (C=O) groups is 1. The quantitative estimate of drug-likeness (QED) is 0.888. The zero-order valence-electron chi connectivity index (χ0n) is 10.9. The van der Waals surface area contributed by atoms with Crippen molar-refractivity contribution < 1.29 is 19.0 Å². The molecule has 0 aliphatic carbocycles. The van der Waals surface area contributed by atoms with E-state index in [1.165, 1.54) is 12.1 Å². The number of carbonyl (C=O) groups excluding carboxylic acids is 1. The van der Waals surface area contributed by atoms with Gasteiger partial charge in [0.15, 0.2) is 0 Å². The number of aliphatic hydroxyl groups is 1. The molecule has 2 rings (SSSR count). The van der Waals surface area contributed by atoms with Crippen molar-refractivity contribution in [1.82, 2.24) is 4.90 Å². The van der Waals surface area contributed by atoms with E-state index in [9.17, 15) is 9.18 Å². The van der Waals surface area contributed by atoms with Gasteiger partial charge in [-0.3, -0.25) is 4.79 Å². The van der Waals surface area contributed by atoms with Crippen LogP contribution >= 0.6 is 0 Å². The van der Waals surface area contributed by atoms with Crippen molar-refractivity contribution >= 4 is 5.91 Å². The Morgan fingerprint density at radius 1 is 1.53 bits per heavy atom. The summed E-state index contributed by atoms with van der Waals surface area (Å²) in [5.41, 5.74) is 0.657. The van der Waals surface area contributed by atoms with Crippen LogP contribution in [0.3, 0.4) is 0 Å². The lowest BCUT2D eigenvalue weighted by molar-refractivity contribution is -0.146. The van der Waals surface area contributed by atoms with Crippen LogP contribution in [0.15, 0.2) is 24.3 Å². The predicted octanol–water partition coefficient (Wildman–Crippen LogP) is 0.976. The Bertz CT molecular complexity index is 452. The second-order valence-electron chi connectivity index (χ2n) is 4.86. The number of nitrogens with zero attached hydrogens (tertiary/aromatic N) is 1. The largest absolute Gasteiger partial charge is 0.394 e. The van der Waals surface area contributed by atoms with Crippen molar-refractivity contribution in [3.05, 3.63) is 35.6 Å². The number of ether oxygens (including phenoxy) is 1. The lowest BCUT2D eigenvalue weighted by Crippen LogP contribution is -2.50. The van der Waals surface area contributed by atoms with Gasteiger partial charge in [-0.2, -0.15) is 0 Å². The summed E-state index contributed by atoms with van der Waals surface area (Å²) in [6.45, 7) is 2.65. The summed E-state index contributed by atoms with van der Waals surface area (Å²) in [5.74, 6) is -0.409. The highest BCUT2D eigenvalue weighted by atomic mass is 19.1. The van der Waals surface area contributed by atoms with Gasteiger partial charge in [0.05, 0.1) is 25.2 Å². The Hall–Kier alpha value is -1.46. The van der Waals surface area contributed by atoms with Gasteiger partial charge in [-0.05, 0) is 24.6 Å². The number of halogens is 1. The third-order valence-electron chi connectivity index (χ3n) is 3.13. The third-order valence-corrected chi connectivity index (χ3v) is 3.13. The molecule has 1 aliphatic rings. The third kappa shape index (κ3) is 3.75. The summed E-state index contributed by atoms with van der Waals surface area (Å²) in [7, 11) is 0. The van der Waals surface area contributed by atoms with E-state index in [1.54, 1.807) is 17.0 Å². The highest BCUT2D eigenvalue weighted by Crippen LogP contribution is 2.13. The number of aliphatic hydroxyl groups excluding tert-OH is 1. The molecule has 1 fully saturated rings. The highest BCUT2D eigenvalue weighted by molar-refractivity contribution is 5.79. The molecule has 1 heterocycles. The van der Waals surface area contributed by atoms with Crippen molar-refractivity contribution in [2.75, 3.05) is 19.7 Å². The molecule has 0 radical (unpaired) electrons. The van der Waals surface area contributed by atoms with Crippen LogP contribution in [-0.4, -0.2) is 47.8 Å². The number of benzene rings is 1. The molecule has 104 valence electrons. The van der Waals surface area contributed by atoms with E-state index < -0.39 is 0 Å². The van der Waals surface area contributed by atoms with Gasteiger partial charge in [0.2, 0.25) is 5.91 Å². The van der Waals surface area contributed by atoms with Gasteiger partial charge < -0.3 is 14.7 Å². The Morgan fingerprint density at radius 2 is 2.32 bits per heavy atom. The summed E-state index contributed by atoms with van der Waals surface area (Å²) < 4.78 is 18.5. The zero-order valence-corrected chi connectivity index (χ0v) is 10.9. The SMILES string of the molecule is CC1CN(C(=O)Cc2cccc(F)c2)CC(CO)O1. The number of hydrogen-bond donors (Lipinski definition) is 1. The van der Waals surface area contributed by atoms with Gasteiger partial charge in [-0.15, -0.1) is 0 Å². The van der Waals surface area contributed by atoms with Crippen LogP contribution in [0.5, 0.6) is 0 Å². The second kappa shape index (κ2) is 6.12. The zero-order chi connectivity index (χ0) is 13.8. The fourth-order valence-corrected chi connectivity index (χ4v) is 2.28. The molecule has 5 heteroatoms. The Balaban J connectivity index is 1.99. The minimum absolute atomic E-state index is 0.0702. The molecule has 0 aromatic heterocycles. The summed E-state index contributed by atoms with van der Waals surface area (Å²) in [4.78, 5) is 13.8. The lowest BCUT2D eigenvalue weighted by Gasteiger charge is -2.36. The Kier molecular flexibility index (Phi) is 4.50. The Labute approximate surface area is 111 Å². The molecule has 1 amide bonds. The maximum atomic E-state index is 13.1. The fraction of sp³-hybridized carbons (Fsp3) is 0.500. The van der Waals surface area contributed by atoms with E-state index in [0.29, 0.717) is 18.7 Å². The van der Waals surface area contributed by atoms with Crippen LogP contribution in [0.2, 0.25) is 0 Å². The molecule has 2 unspecified atom stereocenters. The van der Waals surface area contributed by atoms with Gasteiger partial charge in [0, 0.05) is 13.1 Å². The first-order valence-electron chi connectivity index (χ1n) is 6.37. The number of rotatable bonds is 3. The summed E-state index contributed by atoms with van der Waals surface area (Å²) >= 11 is 0. The van der Waals surface area contributed by atoms with E-state index in [1.807, 2.05) is 6.92 Å². The average Bonchev–Trinajstić information content (AvgIpc) is 2.38. The molecule has 1 aromatic carbocycles. The van der Waals surface area contributed by atoms with Gasteiger partial charge in [-0.25, -0.2) is 4.39 Å². The molecule has 4 nitrogen and oxygen atoms in total. The molecule has 1 aliphatic heterocycles. The van der Waals surface area contributed by atoms with E-state index in [0.717, 1.165) is 0 Å². The van der Waals surface area contributed by atoms with Gasteiger partial charge in [0.25, 0.3) is 0 Å². The van der Waals surface area contributed by atoms with Crippen molar-refractivity contribution in [1.29, 1.82) is 0 Å². The fourth-order valence-electron chi connectivity index (χ4n) is 2.28. The van der Waals surface area contributed by atoms with Crippen molar-refractivity contribution in [3.8, 4) is 0 Å². The smallest absolute Gasteiger partial charge is 0.227 e. The topological polar surface area (TPSA) is 49.8 Å². The molecule has 0 saturated carbocycles. The standard InChI is InChI=1S/C14H18FNO3/c1-10-7-16(8-13(9-17)19-10)14(18)6-11-3-2-4-12(15)5-11/h2-5,10,13,17H,6-9H2,1H3. The van der Waals surface area contributed by atoms with Crippen LogP contribution in [0.4, 0.5) is 4.39 Å². The van der Waals surface area contributed by atoms with Crippen LogP contribution in [0, 0.1) is 5.82 Å². The second-order valence-corrected chi connectivity index (χ2v) is 4.86. The predicted molar refractivity (Wildman–Crippen MR) is 68.1 cm³/mol. The summed E-state index contributed by atoms with van der Waals surface area (Å²) in [6.07, 6.45) is -0.259. The van der Waals surface area contributed by atoms with E-state index in [-0.39, 0.29) is 37.0 Å². The summed E-state index contributed by atoms with van der Waals surface area (Å²) in [6, 6.07) is 6.04. The molecule has 1 N–H and O–H groups in total. The number of amides is 1. The molecular weight excluding hydrogens is 249 g/mol. The molecular formula is C14H18FNO3. The molecule has 2 atom stereocenters. The van der Waals surface area contributed by atoms with Crippen molar-refractivity contribution in [2.45, 2.75) is 25.6 Å². The first-order chi connectivity index (χ1) is 9.08. The summed E-state index contributed by atoms with van der Waals surface area (Å²) in [5, 5.41) is 9.12. The maximum Gasteiger partial charge on any atom is 0.227 e. The normalized spacial score (nSPS) is 23.4. The van der Waals surface area contributed by atoms with Gasteiger partial charge in [0.1, 0.15) is 5.82 Å². The van der Waals surface area contributed by atoms with E-state index >= 15 is 0 Å². The number of morpholine rings is 1. The van der Waals surface area contributed by atoms with Crippen LogP contribution < -0.4 is 0 Å². The van der Waals surface area contributed by atoms with Crippen molar-refractivity contribution in [2.24, 2.45) is 0 Å². The highest BCUT2D eigenvalue weighted by Gasteiger charge is 2.27. The first-order valence-corrected chi connectivity index (χ1v) is 6.37. The molecule has 1 aromatic rings. The maximum absolute atomic E-state index is 13.1. The van der Waals surface area contributed by atoms with E-state index in [2.05, 4.69) is 0 Å². The molecule has 0 spiro atoms. The van der Waals surface area contributed by atoms with Gasteiger partial charge in [-0.1, -0.05) is 12.1 Å². The Morgan fingerprint density at radius 3 is 3.00 bits per heavy atom. The van der Waals surface area contributed by atoms with Gasteiger partial charge >= 0.3 is 0 Å². The van der Waals surface area contributed by atoms with Crippen molar-refractivity contribution in [3.63, 3.8) is 0 Å². The lowest BCUT2D eigenvalue weighted by atomic mass is 10.1. The average molecular weight is 267 g/mol. The molecule has 0 bridgehead atoms. The monoisotopic (exact) mass is 267 g/mol. The number of hydrogen-bond acceptors (Lipinski definition) is 3. The minimum Gasteiger partial charge on any atom is -0.394 e. The van der Waals surface area contributed by atoms with Crippen LogP contribution in [-0.2, 0) is 16.0 Å².